The molecule has 7 nitrogen and oxygen atoms in total. The highest BCUT2D eigenvalue weighted by Gasteiger charge is 2.24. The number of aromatic nitrogens is 1. The number of ether oxygens (including phenoxy) is 1. The van der Waals surface area contributed by atoms with Crippen LogP contribution < -0.4 is 15.4 Å². The van der Waals surface area contributed by atoms with Gasteiger partial charge in [0.1, 0.15) is 11.4 Å². The fourth-order valence-corrected chi connectivity index (χ4v) is 4.76. The highest BCUT2D eigenvalue weighted by Crippen LogP contribution is 2.35. The van der Waals surface area contributed by atoms with Gasteiger partial charge in [0, 0.05) is 35.2 Å². The van der Waals surface area contributed by atoms with Crippen LogP contribution in [0.15, 0.2) is 60.7 Å². The third-order valence-electron chi connectivity index (χ3n) is 6.88. The number of benzene rings is 2. The minimum Gasteiger partial charge on any atom is -0.495 e. The van der Waals surface area contributed by atoms with Crippen LogP contribution in [-0.4, -0.2) is 55.6 Å². The zero-order chi connectivity index (χ0) is 25.7. The minimum absolute atomic E-state index is 0.134. The first-order valence-corrected chi connectivity index (χ1v) is 12.3. The van der Waals surface area contributed by atoms with Crippen molar-refractivity contribution in [1.29, 1.82) is 5.26 Å². The third-order valence-corrected chi connectivity index (χ3v) is 6.88. The van der Waals surface area contributed by atoms with E-state index in [0.717, 1.165) is 53.4 Å². The van der Waals surface area contributed by atoms with E-state index in [1.54, 1.807) is 13.2 Å². The summed E-state index contributed by atoms with van der Waals surface area (Å²) in [5, 5.41) is 17.5. The van der Waals surface area contributed by atoms with Crippen LogP contribution in [0.2, 0.25) is 0 Å². The number of fused-ring (bicyclic) bond motifs is 1. The quantitative estimate of drug-likeness (QED) is 0.438. The Morgan fingerprint density at radius 3 is 2.61 bits per heavy atom. The van der Waals surface area contributed by atoms with Gasteiger partial charge in [0.05, 0.1) is 24.6 Å². The van der Waals surface area contributed by atoms with Crippen LogP contribution in [0.4, 0.5) is 5.69 Å². The van der Waals surface area contributed by atoms with E-state index in [-0.39, 0.29) is 11.9 Å². The van der Waals surface area contributed by atoms with Crippen molar-refractivity contribution >= 4 is 22.4 Å². The number of nitrogens with zero attached hydrogens (tertiary/aromatic N) is 3. The molecule has 2 aromatic carbocycles. The maximum absolute atomic E-state index is 13.0. The Morgan fingerprint density at radius 1 is 1.17 bits per heavy atom. The number of hydrogen-bond donors (Lipinski definition) is 2. The summed E-state index contributed by atoms with van der Waals surface area (Å²) in [6, 6.07) is 18.3. The van der Waals surface area contributed by atoms with Crippen molar-refractivity contribution < 1.29 is 9.53 Å². The number of carbonyl (C=O) groups excluding carboxylic acids is 1. The second kappa shape index (κ2) is 11.2. The third kappa shape index (κ3) is 5.67. The van der Waals surface area contributed by atoms with E-state index in [9.17, 15) is 4.79 Å². The molecule has 2 N–H and O–H groups in total. The first-order chi connectivity index (χ1) is 17.4. The van der Waals surface area contributed by atoms with Crippen LogP contribution >= 0.6 is 0 Å². The molecule has 1 heterocycles. The molecule has 0 radical (unpaired) electrons. The molecule has 0 atom stereocenters. The Labute approximate surface area is 212 Å². The minimum atomic E-state index is -0.134. The predicted octanol–water partition coefficient (Wildman–Crippen LogP) is 5.00. The molecule has 4 rings (SSSR count). The van der Waals surface area contributed by atoms with E-state index in [1.807, 2.05) is 42.5 Å². The lowest BCUT2D eigenvalue weighted by Gasteiger charge is -2.32. The summed E-state index contributed by atoms with van der Waals surface area (Å²) in [5.41, 5.74) is 3.24. The van der Waals surface area contributed by atoms with Crippen LogP contribution in [-0.2, 0) is 0 Å². The van der Waals surface area contributed by atoms with Gasteiger partial charge in [-0.25, -0.2) is 4.98 Å². The van der Waals surface area contributed by atoms with Crippen molar-refractivity contribution in [3.05, 3.63) is 66.4 Å². The molecule has 7 heteroatoms. The largest absolute Gasteiger partial charge is 0.495 e. The summed E-state index contributed by atoms with van der Waals surface area (Å²) in [7, 11) is 5.85. The predicted molar refractivity (Wildman–Crippen MR) is 144 cm³/mol. The van der Waals surface area contributed by atoms with Crippen molar-refractivity contribution in [2.45, 2.75) is 37.8 Å². The summed E-state index contributed by atoms with van der Waals surface area (Å²) in [4.78, 5) is 20.0. The summed E-state index contributed by atoms with van der Waals surface area (Å²) < 4.78 is 5.56. The highest BCUT2D eigenvalue weighted by molar-refractivity contribution is 5.99. The Hall–Kier alpha value is -3.89. The molecular formula is C29H33N5O2. The number of rotatable bonds is 8. The topological polar surface area (TPSA) is 90.3 Å². The lowest BCUT2D eigenvalue weighted by molar-refractivity contribution is 0.0911. The molecule has 0 bridgehead atoms. The second-order valence-corrected chi connectivity index (χ2v) is 9.50. The Bertz CT molecular complexity index is 1300. The van der Waals surface area contributed by atoms with Gasteiger partial charge >= 0.3 is 0 Å². The number of nitrogens with one attached hydrogen (secondary N) is 2. The monoisotopic (exact) mass is 483 g/mol. The van der Waals surface area contributed by atoms with Gasteiger partial charge in [0.25, 0.3) is 5.91 Å². The summed E-state index contributed by atoms with van der Waals surface area (Å²) in [5.74, 6) is 0.542. The molecule has 0 aliphatic heterocycles. The van der Waals surface area contributed by atoms with Gasteiger partial charge in [-0.3, -0.25) is 4.79 Å². The number of amides is 1. The Morgan fingerprint density at radius 2 is 1.92 bits per heavy atom. The number of pyridine rings is 1. The maximum Gasteiger partial charge on any atom is 0.270 e. The molecule has 1 aliphatic rings. The van der Waals surface area contributed by atoms with Gasteiger partial charge in [-0.05, 0) is 69.4 Å². The smallest absolute Gasteiger partial charge is 0.270 e. The summed E-state index contributed by atoms with van der Waals surface area (Å²) in [6.45, 7) is 4.07. The lowest BCUT2D eigenvalue weighted by atomic mass is 9.90. The molecule has 0 spiro atoms. The van der Waals surface area contributed by atoms with E-state index in [0.29, 0.717) is 29.6 Å². The van der Waals surface area contributed by atoms with Crippen LogP contribution in [0, 0.1) is 11.3 Å². The number of methoxy groups -OCH3 is 1. The molecule has 0 unspecified atom stereocenters. The molecule has 1 amide bonds. The van der Waals surface area contributed by atoms with Crippen LogP contribution in [0.3, 0.4) is 0 Å². The highest BCUT2D eigenvalue weighted by atomic mass is 16.5. The number of hydrogen-bond acceptors (Lipinski definition) is 6. The molecule has 1 fully saturated rings. The fourth-order valence-electron chi connectivity index (χ4n) is 4.76. The molecule has 36 heavy (non-hydrogen) atoms. The van der Waals surface area contributed by atoms with E-state index in [2.05, 4.69) is 47.3 Å². The van der Waals surface area contributed by atoms with Crippen molar-refractivity contribution in [3.63, 3.8) is 0 Å². The van der Waals surface area contributed by atoms with Crippen molar-refractivity contribution in [2.75, 3.05) is 33.1 Å². The first kappa shape index (κ1) is 25.2. The second-order valence-electron chi connectivity index (χ2n) is 9.50. The molecule has 1 saturated carbocycles. The van der Waals surface area contributed by atoms with Gasteiger partial charge < -0.3 is 20.3 Å². The zero-order valence-electron chi connectivity index (χ0n) is 21.2. The average molecular weight is 484 g/mol. The van der Waals surface area contributed by atoms with Crippen molar-refractivity contribution in [2.24, 2.45) is 0 Å². The van der Waals surface area contributed by atoms with E-state index < -0.39 is 0 Å². The number of carbonyl (C=O) groups is 1. The van der Waals surface area contributed by atoms with Gasteiger partial charge in [-0.15, -0.1) is 0 Å². The van der Waals surface area contributed by atoms with E-state index in [4.69, 9.17) is 10.00 Å². The number of anilines is 1. The van der Waals surface area contributed by atoms with Gasteiger partial charge in [-0.1, -0.05) is 30.8 Å². The number of nitriles is 1. The summed E-state index contributed by atoms with van der Waals surface area (Å²) >= 11 is 0. The average Bonchev–Trinajstić information content (AvgIpc) is 2.91. The SMILES string of the molecule is C=C(C#N)CNc1c(OC)ccc2ccc(-c3cccc(C(=O)N[C@H]4CC[C@H](N(C)C)CC4)n3)cc12. The molecule has 1 aliphatic carbocycles. The van der Waals surface area contributed by atoms with Gasteiger partial charge in [-0.2, -0.15) is 5.26 Å². The van der Waals surface area contributed by atoms with Crippen molar-refractivity contribution in [3.8, 4) is 23.1 Å². The molecular weight excluding hydrogens is 450 g/mol. The van der Waals surface area contributed by atoms with Crippen LogP contribution in [0.1, 0.15) is 36.2 Å². The van der Waals surface area contributed by atoms with Crippen LogP contribution in [0.5, 0.6) is 5.75 Å². The fraction of sp³-hybridized carbons (Fsp3) is 0.345. The van der Waals surface area contributed by atoms with E-state index >= 15 is 0 Å². The molecule has 0 saturated heterocycles. The lowest BCUT2D eigenvalue weighted by Crippen LogP contribution is -2.42. The van der Waals surface area contributed by atoms with E-state index in [1.165, 1.54) is 0 Å². The van der Waals surface area contributed by atoms with Crippen molar-refractivity contribution in [1.82, 2.24) is 15.2 Å². The van der Waals surface area contributed by atoms with Gasteiger partial charge in [0.15, 0.2) is 0 Å². The Balaban J connectivity index is 1.57. The normalized spacial score (nSPS) is 17.4. The Kier molecular flexibility index (Phi) is 7.87. The van der Waals surface area contributed by atoms with Crippen LogP contribution in [0.25, 0.3) is 22.0 Å². The van der Waals surface area contributed by atoms with Gasteiger partial charge in [0.2, 0.25) is 0 Å². The molecule has 3 aromatic rings. The first-order valence-electron chi connectivity index (χ1n) is 12.3. The standard InChI is InChI=1S/C29H33N5O2/c1-19(17-30)18-31-28-24-16-21(9-8-20(24)10-15-27(28)36-4)25-6-5-7-26(33-25)29(35)32-22-11-13-23(14-12-22)34(2)3/h5-10,15-16,22-23,31H,1,11-14,18H2,2-4H3,(H,32,35)/t22-,23-. The zero-order valence-corrected chi connectivity index (χ0v) is 21.2. The molecule has 186 valence electrons. The summed E-state index contributed by atoms with van der Waals surface area (Å²) in [6.07, 6.45) is 4.14. The maximum atomic E-state index is 13.0. The molecule has 1 aromatic heterocycles.